The summed E-state index contributed by atoms with van der Waals surface area (Å²) in [5.41, 5.74) is 0.347. The summed E-state index contributed by atoms with van der Waals surface area (Å²) in [4.78, 5) is 1.41. The van der Waals surface area contributed by atoms with Gasteiger partial charge in [0.1, 0.15) is 32.8 Å². The summed E-state index contributed by atoms with van der Waals surface area (Å²) in [6.45, 7) is 0.742. The number of nitrogens with zero attached hydrogens (tertiary/aromatic N) is 3. The highest BCUT2D eigenvalue weighted by atomic mass is 35.7. The number of nitriles is 2. The molecule has 4 rings (SSSR count). The fourth-order valence-corrected chi connectivity index (χ4v) is 6.80. The van der Waals surface area contributed by atoms with Crippen LogP contribution in [-0.2, 0) is 19.1 Å². The maximum atomic E-state index is 12.7. The van der Waals surface area contributed by atoms with Crippen LogP contribution < -0.4 is 14.2 Å². The SMILES string of the molecule is CN(C)CCNS(=O)(=O)c1cc(C#N)ccc1Oc1cc(Cl)cc(Cl)c1.N#Cc1ccc(Oc2cc(Cl)cc(Cl)c2)c(S(=O)(=O)Cl)c1. The molecule has 4 aromatic rings. The number of hydrogen-bond acceptors (Lipinski definition) is 9. The van der Waals surface area contributed by atoms with E-state index in [1.54, 1.807) is 0 Å². The van der Waals surface area contributed by atoms with E-state index in [0.717, 1.165) is 6.07 Å². The summed E-state index contributed by atoms with van der Waals surface area (Å²) in [7, 11) is 1.07. The van der Waals surface area contributed by atoms with Gasteiger partial charge in [0.25, 0.3) is 9.05 Å². The van der Waals surface area contributed by atoms with Gasteiger partial charge in [0.05, 0.1) is 23.3 Å². The van der Waals surface area contributed by atoms with E-state index in [1.807, 2.05) is 31.1 Å². The van der Waals surface area contributed by atoms with Gasteiger partial charge in [-0.15, -0.1) is 0 Å². The number of rotatable bonds is 10. The molecule has 4 aromatic carbocycles. The molecule has 0 aliphatic carbocycles. The first-order chi connectivity index (χ1) is 22.0. The highest BCUT2D eigenvalue weighted by molar-refractivity contribution is 8.13. The summed E-state index contributed by atoms with van der Waals surface area (Å²) in [6, 6.07) is 20.8. The van der Waals surface area contributed by atoms with E-state index in [2.05, 4.69) is 4.72 Å². The predicted octanol–water partition coefficient (Wildman–Crippen LogP) is 8.08. The second-order valence-corrected chi connectivity index (χ2v) is 15.6. The average molecular weight is 777 g/mol. The summed E-state index contributed by atoms with van der Waals surface area (Å²) in [5, 5.41) is 19.3. The number of hydrogen-bond donors (Lipinski definition) is 1. The molecular weight excluding hydrogens is 754 g/mol. The van der Waals surface area contributed by atoms with Crippen molar-refractivity contribution in [2.45, 2.75) is 9.79 Å². The summed E-state index contributed by atoms with van der Waals surface area (Å²) in [5.74, 6) is 0.581. The van der Waals surface area contributed by atoms with Crippen LogP contribution in [0.15, 0.2) is 82.6 Å². The molecule has 0 aromatic heterocycles. The largest absolute Gasteiger partial charge is 0.456 e. The fourth-order valence-electron chi connectivity index (χ4n) is 3.63. The fraction of sp³-hybridized carbons (Fsp3) is 0.133. The van der Waals surface area contributed by atoms with Crippen molar-refractivity contribution in [2.75, 3.05) is 27.2 Å². The van der Waals surface area contributed by atoms with E-state index < -0.39 is 19.1 Å². The van der Waals surface area contributed by atoms with Gasteiger partial charge < -0.3 is 14.4 Å². The Bertz CT molecular complexity index is 2040. The van der Waals surface area contributed by atoms with Crippen molar-refractivity contribution in [3.05, 3.63) is 104 Å². The van der Waals surface area contributed by atoms with Crippen molar-refractivity contribution < 1.29 is 26.3 Å². The molecule has 47 heavy (non-hydrogen) atoms. The lowest BCUT2D eigenvalue weighted by Gasteiger charge is -2.14. The molecule has 0 unspecified atom stereocenters. The minimum absolute atomic E-state index is 0.0256. The van der Waals surface area contributed by atoms with Crippen LogP contribution >= 0.6 is 57.1 Å². The van der Waals surface area contributed by atoms with Crippen molar-refractivity contribution in [3.63, 3.8) is 0 Å². The zero-order chi connectivity index (χ0) is 34.9. The molecule has 0 radical (unpaired) electrons. The molecule has 1 N–H and O–H groups in total. The summed E-state index contributed by atoms with van der Waals surface area (Å²) < 4.78 is 62.1. The lowest BCUT2D eigenvalue weighted by molar-refractivity contribution is 0.412. The molecule has 246 valence electrons. The number of nitrogens with one attached hydrogen (secondary N) is 1. The Labute approximate surface area is 297 Å². The Hall–Kier alpha value is -3.27. The molecule has 0 heterocycles. The lowest BCUT2D eigenvalue weighted by Crippen LogP contribution is -2.31. The van der Waals surface area contributed by atoms with Crippen LogP contribution in [0.2, 0.25) is 20.1 Å². The van der Waals surface area contributed by atoms with E-state index in [1.165, 1.54) is 66.7 Å². The lowest BCUT2D eigenvalue weighted by atomic mass is 10.2. The minimum Gasteiger partial charge on any atom is -0.456 e. The highest BCUT2D eigenvalue weighted by Gasteiger charge is 2.22. The maximum absolute atomic E-state index is 12.7. The molecule has 0 saturated heterocycles. The van der Waals surface area contributed by atoms with Crippen molar-refractivity contribution in [3.8, 4) is 35.1 Å². The number of benzene rings is 4. The van der Waals surface area contributed by atoms with Crippen LogP contribution in [0.4, 0.5) is 0 Å². The standard InChI is InChI=1S/C17H17Cl2N3O3S.C13H6Cl3NO3S/c1-22(2)6-5-21-26(23,24)17-7-12(11-20)3-4-16(17)25-15-9-13(18)8-14(19)10-15;14-9-4-10(15)6-11(5-9)20-12-2-1-8(7-17)3-13(12)21(16,18)19/h3-4,7-10,21H,5-6H2,1-2H3;1-6H. The number of sulfonamides is 1. The maximum Gasteiger partial charge on any atom is 0.265 e. The summed E-state index contributed by atoms with van der Waals surface area (Å²) >= 11 is 23.6. The Balaban J connectivity index is 0.000000261. The van der Waals surface area contributed by atoms with Crippen molar-refractivity contribution >= 4 is 76.2 Å². The van der Waals surface area contributed by atoms with Crippen molar-refractivity contribution in [2.24, 2.45) is 0 Å². The topological polar surface area (TPSA) is 150 Å². The van der Waals surface area contributed by atoms with Crippen LogP contribution in [0.1, 0.15) is 11.1 Å². The Morgan fingerprint density at radius 2 is 1.09 bits per heavy atom. The first-order valence-electron chi connectivity index (χ1n) is 13.0. The minimum atomic E-state index is -4.08. The van der Waals surface area contributed by atoms with Crippen LogP contribution in [0.25, 0.3) is 0 Å². The molecule has 0 aliphatic rings. The molecule has 0 atom stereocenters. The number of ether oxygens (including phenoxy) is 2. The molecule has 0 aliphatic heterocycles. The van der Waals surface area contributed by atoms with Crippen LogP contribution in [0.3, 0.4) is 0 Å². The molecule has 10 nitrogen and oxygen atoms in total. The van der Waals surface area contributed by atoms with Gasteiger partial charge >= 0.3 is 0 Å². The van der Waals surface area contributed by atoms with Gasteiger partial charge in [-0.2, -0.15) is 10.5 Å². The normalized spacial score (nSPS) is 11.2. The molecule has 0 bridgehead atoms. The van der Waals surface area contributed by atoms with Gasteiger partial charge in [-0.3, -0.25) is 0 Å². The third-order valence-corrected chi connectivity index (χ3v) is 9.37. The molecule has 17 heteroatoms. The van der Waals surface area contributed by atoms with Crippen LogP contribution in [-0.4, -0.2) is 48.9 Å². The number of likely N-dealkylation sites (N-methyl/N-ethyl adjacent to an activating group) is 1. The predicted molar refractivity (Wildman–Crippen MR) is 182 cm³/mol. The van der Waals surface area contributed by atoms with E-state index in [0.29, 0.717) is 26.6 Å². The Morgan fingerprint density at radius 1 is 0.681 bits per heavy atom. The van der Waals surface area contributed by atoms with Gasteiger partial charge in [0.2, 0.25) is 10.0 Å². The van der Waals surface area contributed by atoms with Gasteiger partial charge in [-0.25, -0.2) is 21.6 Å². The van der Waals surface area contributed by atoms with E-state index in [4.69, 9.17) is 77.1 Å². The quantitative estimate of drug-likeness (QED) is 0.158. The molecular formula is C30H23Cl5N4O6S2. The monoisotopic (exact) mass is 774 g/mol. The molecule has 0 saturated carbocycles. The highest BCUT2D eigenvalue weighted by Crippen LogP contribution is 2.35. The van der Waals surface area contributed by atoms with Crippen molar-refractivity contribution in [1.82, 2.24) is 9.62 Å². The Kier molecular flexibility index (Phi) is 13.6. The van der Waals surface area contributed by atoms with Crippen LogP contribution in [0, 0.1) is 22.7 Å². The first kappa shape index (κ1) is 38.2. The van der Waals surface area contributed by atoms with E-state index in [9.17, 15) is 16.8 Å². The van der Waals surface area contributed by atoms with Gasteiger partial charge in [-0.05, 0) is 86.9 Å². The second-order valence-electron chi connectivity index (χ2n) is 9.60. The molecule has 0 spiro atoms. The second kappa shape index (κ2) is 16.7. The zero-order valence-corrected chi connectivity index (χ0v) is 29.8. The smallest absolute Gasteiger partial charge is 0.265 e. The molecule has 0 fully saturated rings. The van der Waals surface area contributed by atoms with Crippen molar-refractivity contribution in [1.29, 1.82) is 10.5 Å². The third-order valence-electron chi connectivity index (χ3n) is 5.68. The molecule has 0 amide bonds. The average Bonchev–Trinajstić information content (AvgIpc) is 2.96. The number of halogens is 5. The van der Waals surface area contributed by atoms with E-state index >= 15 is 0 Å². The van der Waals surface area contributed by atoms with Gasteiger partial charge in [0.15, 0.2) is 0 Å². The van der Waals surface area contributed by atoms with Gasteiger partial charge in [0, 0.05) is 43.9 Å². The zero-order valence-electron chi connectivity index (χ0n) is 24.3. The Morgan fingerprint density at radius 3 is 1.47 bits per heavy atom. The first-order valence-corrected chi connectivity index (χ1v) is 18.3. The summed E-state index contributed by atoms with van der Waals surface area (Å²) in [6.07, 6.45) is 0. The van der Waals surface area contributed by atoms with Crippen LogP contribution in [0.5, 0.6) is 23.0 Å². The van der Waals surface area contributed by atoms with Gasteiger partial charge in [-0.1, -0.05) is 46.4 Å². The third kappa shape index (κ3) is 11.7. The van der Waals surface area contributed by atoms with E-state index in [-0.39, 0.29) is 50.5 Å².